The summed E-state index contributed by atoms with van der Waals surface area (Å²) >= 11 is 0. The van der Waals surface area contributed by atoms with Crippen molar-refractivity contribution < 1.29 is 14.4 Å². The summed E-state index contributed by atoms with van der Waals surface area (Å²) in [4.78, 5) is 42.3. The molecule has 25 heavy (non-hydrogen) atoms. The van der Waals surface area contributed by atoms with E-state index in [4.69, 9.17) is 0 Å². The molecule has 1 unspecified atom stereocenters. The first-order valence-corrected chi connectivity index (χ1v) is 8.87. The molecular weight excluding hydrogens is 322 g/mol. The lowest BCUT2D eigenvalue weighted by Crippen LogP contribution is -2.47. The van der Waals surface area contributed by atoms with Crippen molar-refractivity contribution in [2.24, 2.45) is 18.9 Å². The predicted molar refractivity (Wildman–Crippen MR) is 89.3 cm³/mol. The fraction of sp³-hybridized carbons (Fsp3) is 0.647. The van der Waals surface area contributed by atoms with E-state index in [0.717, 1.165) is 12.2 Å². The SMILES string of the molecule is Cn1cc(N2CC(C(=O)N3CC(=O)N(CC4CC4)C3)CCC2=O)cn1. The van der Waals surface area contributed by atoms with Crippen molar-refractivity contribution in [3.05, 3.63) is 12.4 Å². The maximum absolute atomic E-state index is 12.9. The molecule has 8 nitrogen and oxygen atoms in total. The maximum Gasteiger partial charge on any atom is 0.243 e. The molecule has 8 heteroatoms. The van der Waals surface area contributed by atoms with Gasteiger partial charge in [-0.15, -0.1) is 0 Å². The fourth-order valence-electron chi connectivity index (χ4n) is 3.62. The van der Waals surface area contributed by atoms with Crippen molar-refractivity contribution in [2.75, 3.05) is 31.2 Å². The van der Waals surface area contributed by atoms with Gasteiger partial charge in [0.2, 0.25) is 17.7 Å². The second-order valence-corrected chi connectivity index (χ2v) is 7.35. The Morgan fingerprint density at radius 2 is 2.04 bits per heavy atom. The molecule has 1 atom stereocenters. The van der Waals surface area contributed by atoms with E-state index < -0.39 is 0 Å². The van der Waals surface area contributed by atoms with Crippen LogP contribution in [0.15, 0.2) is 12.4 Å². The largest absolute Gasteiger partial charge is 0.323 e. The van der Waals surface area contributed by atoms with Gasteiger partial charge in [0, 0.05) is 32.8 Å². The molecular formula is C17H23N5O3. The molecule has 1 aromatic rings. The molecule has 2 aliphatic heterocycles. The van der Waals surface area contributed by atoms with Gasteiger partial charge in [0.05, 0.1) is 24.5 Å². The summed E-state index contributed by atoms with van der Waals surface area (Å²) in [5.74, 6) is 0.396. The lowest BCUT2D eigenvalue weighted by Gasteiger charge is -2.32. The highest BCUT2D eigenvalue weighted by Crippen LogP contribution is 2.31. The van der Waals surface area contributed by atoms with E-state index >= 15 is 0 Å². The predicted octanol–water partition coefficient (Wildman–Crippen LogP) is 0.201. The number of amides is 3. The van der Waals surface area contributed by atoms with Gasteiger partial charge >= 0.3 is 0 Å². The number of carbonyl (C=O) groups excluding carboxylic acids is 3. The average Bonchev–Trinajstić information content (AvgIpc) is 3.19. The number of piperidine rings is 1. The Labute approximate surface area is 146 Å². The van der Waals surface area contributed by atoms with Gasteiger partial charge in [-0.1, -0.05) is 0 Å². The van der Waals surface area contributed by atoms with Crippen molar-refractivity contribution in [3.63, 3.8) is 0 Å². The van der Waals surface area contributed by atoms with Crippen LogP contribution in [0.1, 0.15) is 25.7 Å². The summed E-state index contributed by atoms with van der Waals surface area (Å²) in [7, 11) is 1.80. The Bertz CT molecular complexity index is 711. The number of aromatic nitrogens is 2. The lowest BCUT2D eigenvalue weighted by molar-refractivity contribution is -0.136. The van der Waals surface area contributed by atoms with Crippen LogP contribution in [-0.2, 0) is 21.4 Å². The van der Waals surface area contributed by atoms with E-state index in [1.807, 2.05) is 0 Å². The molecule has 1 saturated carbocycles. The van der Waals surface area contributed by atoms with Gasteiger partial charge in [-0.25, -0.2) is 0 Å². The normalized spacial score (nSPS) is 24.4. The molecule has 1 aliphatic carbocycles. The number of anilines is 1. The van der Waals surface area contributed by atoms with Gasteiger partial charge in [0.1, 0.15) is 6.54 Å². The Balaban J connectivity index is 1.41. The van der Waals surface area contributed by atoms with E-state index in [2.05, 4.69) is 5.10 Å². The maximum atomic E-state index is 12.9. The summed E-state index contributed by atoms with van der Waals surface area (Å²) in [6.45, 7) is 1.69. The molecule has 3 amide bonds. The molecule has 134 valence electrons. The smallest absolute Gasteiger partial charge is 0.243 e. The highest BCUT2D eigenvalue weighted by Gasteiger charge is 2.39. The number of nitrogens with zero attached hydrogens (tertiary/aromatic N) is 5. The third-order valence-corrected chi connectivity index (χ3v) is 5.27. The zero-order chi connectivity index (χ0) is 17.6. The van der Waals surface area contributed by atoms with Crippen molar-refractivity contribution in [1.82, 2.24) is 19.6 Å². The second-order valence-electron chi connectivity index (χ2n) is 7.35. The molecule has 3 fully saturated rings. The zero-order valence-electron chi connectivity index (χ0n) is 14.4. The highest BCUT2D eigenvalue weighted by molar-refractivity contribution is 5.96. The van der Waals surface area contributed by atoms with Crippen molar-refractivity contribution in [3.8, 4) is 0 Å². The number of aryl methyl sites for hydroxylation is 1. The molecule has 0 spiro atoms. The first kappa shape index (κ1) is 16.1. The third kappa shape index (κ3) is 3.25. The standard InChI is InChI=1S/C17H23N5O3/c1-19-9-14(6-18-19)22-8-13(4-5-15(22)23)17(25)21-10-16(24)20(11-21)7-12-2-3-12/h6,9,12-13H,2-5,7-8,10-11H2,1H3. The van der Waals surface area contributed by atoms with Crippen LogP contribution in [0.3, 0.4) is 0 Å². The minimum absolute atomic E-state index is 0.0184. The Kier molecular flexibility index (Phi) is 3.97. The van der Waals surface area contributed by atoms with Gasteiger partial charge in [0.15, 0.2) is 0 Å². The van der Waals surface area contributed by atoms with Gasteiger partial charge in [0.25, 0.3) is 0 Å². The minimum Gasteiger partial charge on any atom is -0.323 e. The van der Waals surface area contributed by atoms with Crippen molar-refractivity contribution >= 4 is 23.4 Å². The van der Waals surface area contributed by atoms with Crippen LogP contribution < -0.4 is 4.90 Å². The third-order valence-electron chi connectivity index (χ3n) is 5.27. The lowest BCUT2D eigenvalue weighted by atomic mass is 9.96. The van der Waals surface area contributed by atoms with Crippen LogP contribution in [0.4, 0.5) is 5.69 Å². The molecule has 1 aromatic heterocycles. The molecule has 0 bridgehead atoms. The topological polar surface area (TPSA) is 78.8 Å². The van der Waals surface area contributed by atoms with E-state index in [9.17, 15) is 14.4 Å². The average molecular weight is 345 g/mol. The number of hydrogen-bond acceptors (Lipinski definition) is 4. The van der Waals surface area contributed by atoms with Crippen LogP contribution in [0, 0.1) is 11.8 Å². The van der Waals surface area contributed by atoms with Crippen molar-refractivity contribution in [2.45, 2.75) is 25.7 Å². The Morgan fingerprint density at radius 1 is 1.24 bits per heavy atom. The van der Waals surface area contributed by atoms with Crippen LogP contribution in [-0.4, -0.2) is 63.6 Å². The first-order valence-electron chi connectivity index (χ1n) is 8.87. The minimum atomic E-state index is -0.258. The molecule has 0 N–H and O–H groups in total. The molecule has 3 aliphatic rings. The Morgan fingerprint density at radius 3 is 2.72 bits per heavy atom. The van der Waals surface area contributed by atoms with Crippen LogP contribution in [0.25, 0.3) is 0 Å². The van der Waals surface area contributed by atoms with E-state index in [1.54, 1.807) is 38.8 Å². The van der Waals surface area contributed by atoms with Gasteiger partial charge < -0.3 is 14.7 Å². The van der Waals surface area contributed by atoms with E-state index in [-0.39, 0.29) is 30.2 Å². The quantitative estimate of drug-likeness (QED) is 0.781. The number of hydrogen-bond donors (Lipinski definition) is 0. The van der Waals surface area contributed by atoms with E-state index in [0.29, 0.717) is 32.0 Å². The Hall–Kier alpha value is -2.38. The summed E-state index contributed by atoms with van der Waals surface area (Å²) < 4.78 is 1.64. The molecule has 0 radical (unpaired) electrons. The van der Waals surface area contributed by atoms with Gasteiger partial charge in [-0.05, 0) is 25.2 Å². The molecule has 2 saturated heterocycles. The van der Waals surface area contributed by atoms with Gasteiger partial charge in [-0.3, -0.25) is 19.1 Å². The van der Waals surface area contributed by atoms with E-state index in [1.165, 1.54) is 12.8 Å². The van der Waals surface area contributed by atoms with Crippen LogP contribution >= 0.6 is 0 Å². The van der Waals surface area contributed by atoms with Crippen LogP contribution in [0.5, 0.6) is 0 Å². The monoisotopic (exact) mass is 345 g/mol. The highest BCUT2D eigenvalue weighted by atomic mass is 16.2. The fourth-order valence-corrected chi connectivity index (χ4v) is 3.62. The summed E-state index contributed by atoms with van der Waals surface area (Å²) in [5, 5.41) is 4.10. The molecule has 4 rings (SSSR count). The van der Waals surface area contributed by atoms with Gasteiger partial charge in [-0.2, -0.15) is 5.10 Å². The molecule has 0 aromatic carbocycles. The number of rotatable bonds is 4. The summed E-state index contributed by atoms with van der Waals surface area (Å²) in [6, 6.07) is 0. The second kappa shape index (κ2) is 6.16. The zero-order valence-corrected chi connectivity index (χ0v) is 14.4. The molecule has 3 heterocycles. The summed E-state index contributed by atoms with van der Waals surface area (Å²) in [6.07, 6.45) is 6.68. The number of carbonyl (C=O) groups is 3. The summed E-state index contributed by atoms with van der Waals surface area (Å²) in [5.41, 5.74) is 0.720. The van der Waals surface area contributed by atoms with Crippen molar-refractivity contribution in [1.29, 1.82) is 0 Å². The van der Waals surface area contributed by atoms with Crippen LogP contribution in [0.2, 0.25) is 0 Å². The first-order chi connectivity index (χ1) is 12.0.